The first-order valence-electron chi connectivity index (χ1n) is 5.56. The van der Waals surface area contributed by atoms with Gasteiger partial charge in [-0.25, -0.2) is 4.39 Å². The fourth-order valence-corrected chi connectivity index (χ4v) is 1.81. The Labute approximate surface area is 101 Å². The van der Waals surface area contributed by atoms with Crippen LogP contribution in [0.15, 0.2) is 18.2 Å². The molecule has 3 heteroatoms. The predicted molar refractivity (Wildman–Crippen MR) is 64.4 cm³/mol. The molecule has 0 unspecified atom stereocenters. The maximum absolute atomic E-state index is 12.9. The molecule has 0 aliphatic rings. The lowest BCUT2D eigenvalue weighted by Crippen LogP contribution is -2.07. The molecule has 16 heavy (non-hydrogen) atoms. The second-order valence-electron chi connectivity index (χ2n) is 3.94. The molecule has 1 rings (SSSR count). The Morgan fingerprint density at radius 2 is 2.00 bits per heavy atom. The topological polar surface area (TPSA) is 17.1 Å². The molecule has 0 atom stereocenters. The lowest BCUT2D eigenvalue weighted by molar-refractivity contribution is 0.0958. The summed E-state index contributed by atoms with van der Waals surface area (Å²) in [6, 6.07) is 4.13. The number of rotatable bonds is 5. The number of carbonyl (C=O) groups is 1. The summed E-state index contributed by atoms with van der Waals surface area (Å²) in [6.07, 6.45) is 2.48. The molecule has 0 bridgehead atoms. The molecule has 0 heterocycles. The summed E-state index contributed by atoms with van der Waals surface area (Å²) in [6.45, 7) is 4.14. The van der Waals surface area contributed by atoms with E-state index in [1.807, 2.05) is 0 Å². The summed E-state index contributed by atoms with van der Waals surface area (Å²) in [4.78, 5) is 11.9. The normalized spacial score (nSPS) is 10.8. The summed E-state index contributed by atoms with van der Waals surface area (Å²) >= 11 is 5.63. The molecular formula is C13H16ClFO. The smallest absolute Gasteiger partial charge is 0.163 e. The van der Waals surface area contributed by atoms with Crippen molar-refractivity contribution in [1.29, 1.82) is 0 Å². The minimum absolute atomic E-state index is 0.00963. The monoisotopic (exact) mass is 242 g/mol. The van der Waals surface area contributed by atoms with Crippen LogP contribution in [0, 0.1) is 11.7 Å². The zero-order valence-electron chi connectivity index (χ0n) is 9.59. The van der Waals surface area contributed by atoms with Crippen molar-refractivity contribution in [2.75, 3.05) is 0 Å². The molecule has 88 valence electrons. The van der Waals surface area contributed by atoms with Crippen LogP contribution in [0.3, 0.4) is 0 Å². The Balaban J connectivity index is 2.76. The summed E-state index contributed by atoms with van der Waals surface area (Å²) in [7, 11) is 0. The van der Waals surface area contributed by atoms with Crippen molar-refractivity contribution < 1.29 is 9.18 Å². The second kappa shape index (κ2) is 6.00. The standard InChI is InChI=1S/C13H16ClFO/c1-3-9(4-2)7-13(16)10-5-6-12(15)11(14)8-10/h5-6,8-9H,3-4,7H2,1-2H3. The van der Waals surface area contributed by atoms with E-state index < -0.39 is 5.82 Å². The number of carbonyl (C=O) groups excluding carboxylic acids is 1. The highest BCUT2D eigenvalue weighted by atomic mass is 35.5. The van der Waals surface area contributed by atoms with E-state index in [1.54, 1.807) is 0 Å². The molecule has 0 aliphatic heterocycles. The molecule has 0 spiro atoms. The minimum Gasteiger partial charge on any atom is -0.294 e. The van der Waals surface area contributed by atoms with Crippen LogP contribution >= 0.6 is 11.6 Å². The van der Waals surface area contributed by atoms with Crippen molar-refractivity contribution in [3.8, 4) is 0 Å². The zero-order chi connectivity index (χ0) is 12.1. The highest BCUT2D eigenvalue weighted by molar-refractivity contribution is 6.31. The Hall–Kier alpha value is -0.890. The van der Waals surface area contributed by atoms with Gasteiger partial charge in [-0.2, -0.15) is 0 Å². The van der Waals surface area contributed by atoms with Crippen molar-refractivity contribution in [2.45, 2.75) is 33.1 Å². The van der Waals surface area contributed by atoms with E-state index in [9.17, 15) is 9.18 Å². The van der Waals surface area contributed by atoms with Gasteiger partial charge in [-0.1, -0.05) is 38.3 Å². The number of halogens is 2. The van der Waals surface area contributed by atoms with Crippen LogP contribution in [0.5, 0.6) is 0 Å². The van der Waals surface area contributed by atoms with Crippen molar-refractivity contribution in [1.82, 2.24) is 0 Å². The summed E-state index contributed by atoms with van der Waals surface area (Å²) < 4.78 is 12.9. The third kappa shape index (κ3) is 3.31. The van der Waals surface area contributed by atoms with Crippen molar-refractivity contribution in [3.63, 3.8) is 0 Å². The Morgan fingerprint density at radius 3 is 2.50 bits per heavy atom. The zero-order valence-corrected chi connectivity index (χ0v) is 10.4. The number of ketones is 1. The first-order chi connectivity index (χ1) is 7.58. The predicted octanol–water partition coefficient (Wildman–Crippen LogP) is 4.49. The fourth-order valence-electron chi connectivity index (χ4n) is 1.63. The van der Waals surface area contributed by atoms with Gasteiger partial charge >= 0.3 is 0 Å². The summed E-state index contributed by atoms with van der Waals surface area (Å²) in [5.41, 5.74) is 0.498. The Morgan fingerprint density at radius 1 is 1.38 bits per heavy atom. The quantitative estimate of drug-likeness (QED) is 0.696. The maximum atomic E-state index is 12.9. The number of Topliss-reactive ketones (excluding diaryl/α,β-unsaturated/α-hetero) is 1. The van der Waals surface area contributed by atoms with Crippen molar-refractivity contribution in [2.24, 2.45) is 5.92 Å². The van der Waals surface area contributed by atoms with Gasteiger partial charge in [0.1, 0.15) is 5.82 Å². The van der Waals surface area contributed by atoms with Gasteiger partial charge in [0.2, 0.25) is 0 Å². The summed E-state index contributed by atoms with van der Waals surface area (Å²) in [5.74, 6) is -0.0484. The van der Waals surface area contributed by atoms with Crippen LogP contribution in [0.25, 0.3) is 0 Å². The first kappa shape index (κ1) is 13.2. The molecule has 0 saturated carbocycles. The van der Waals surface area contributed by atoms with Crippen molar-refractivity contribution >= 4 is 17.4 Å². The molecule has 1 nitrogen and oxygen atoms in total. The molecular weight excluding hydrogens is 227 g/mol. The lowest BCUT2D eigenvalue weighted by atomic mass is 9.94. The molecule has 0 aliphatic carbocycles. The van der Waals surface area contributed by atoms with Crippen LogP contribution in [0.4, 0.5) is 4.39 Å². The van der Waals surface area contributed by atoms with Gasteiger partial charge < -0.3 is 0 Å². The van der Waals surface area contributed by atoms with Crippen LogP contribution in [0.2, 0.25) is 5.02 Å². The van der Waals surface area contributed by atoms with Gasteiger partial charge in [-0.3, -0.25) is 4.79 Å². The molecule has 0 amide bonds. The van der Waals surface area contributed by atoms with Gasteiger partial charge in [0.25, 0.3) is 0 Å². The third-order valence-electron chi connectivity index (χ3n) is 2.87. The van der Waals surface area contributed by atoms with Gasteiger partial charge in [0, 0.05) is 12.0 Å². The number of hydrogen-bond donors (Lipinski definition) is 0. The third-order valence-corrected chi connectivity index (χ3v) is 3.16. The molecule has 0 fully saturated rings. The number of benzene rings is 1. The van der Waals surface area contributed by atoms with E-state index in [0.29, 0.717) is 17.9 Å². The maximum Gasteiger partial charge on any atom is 0.163 e. The highest BCUT2D eigenvalue weighted by Crippen LogP contribution is 2.20. The highest BCUT2D eigenvalue weighted by Gasteiger charge is 2.13. The second-order valence-corrected chi connectivity index (χ2v) is 4.35. The lowest BCUT2D eigenvalue weighted by Gasteiger charge is -2.11. The van der Waals surface area contributed by atoms with Crippen LogP contribution in [0.1, 0.15) is 43.5 Å². The fraction of sp³-hybridized carbons (Fsp3) is 0.462. The van der Waals surface area contributed by atoms with Gasteiger partial charge in [-0.15, -0.1) is 0 Å². The van der Waals surface area contributed by atoms with Crippen LogP contribution in [-0.2, 0) is 0 Å². The summed E-state index contributed by atoms with van der Waals surface area (Å²) in [5, 5.41) is 0.00963. The first-order valence-corrected chi connectivity index (χ1v) is 5.94. The molecule has 0 N–H and O–H groups in total. The van der Waals surface area contributed by atoms with E-state index in [4.69, 9.17) is 11.6 Å². The molecule has 0 aromatic heterocycles. The van der Waals surface area contributed by atoms with E-state index in [1.165, 1.54) is 18.2 Å². The average molecular weight is 243 g/mol. The Kier molecular flexibility index (Phi) is 4.94. The largest absolute Gasteiger partial charge is 0.294 e. The van der Waals surface area contributed by atoms with Crippen molar-refractivity contribution in [3.05, 3.63) is 34.6 Å². The molecule has 0 saturated heterocycles. The van der Waals surface area contributed by atoms with Crippen LogP contribution in [-0.4, -0.2) is 5.78 Å². The SMILES string of the molecule is CCC(CC)CC(=O)c1ccc(F)c(Cl)c1. The Bertz CT molecular complexity index is 372. The van der Waals surface area contributed by atoms with Gasteiger partial charge in [0.15, 0.2) is 5.78 Å². The number of hydrogen-bond acceptors (Lipinski definition) is 1. The molecule has 1 aromatic carbocycles. The van der Waals surface area contributed by atoms with E-state index in [0.717, 1.165) is 12.8 Å². The molecule has 0 radical (unpaired) electrons. The minimum atomic E-state index is -0.485. The van der Waals surface area contributed by atoms with Crippen LogP contribution < -0.4 is 0 Å². The van der Waals surface area contributed by atoms with Gasteiger partial charge in [-0.05, 0) is 24.1 Å². The van der Waals surface area contributed by atoms with E-state index >= 15 is 0 Å². The van der Waals surface area contributed by atoms with Gasteiger partial charge in [0.05, 0.1) is 5.02 Å². The molecule has 1 aromatic rings. The van der Waals surface area contributed by atoms with E-state index in [-0.39, 0.29) is 10.8 Å². The average Bonchev–Trinajstić information content (AvgIpc) is 2.29. The van der Waals surface area contributed by atoms with E-state index in [2.05, 4.69) is 13.8 Å².